The van der Waals surface area contributed by atoms with Crippen molar-refractivity contribution in [3.05, 3.63) is 122 Å². The minimum atomic E-state index is 0.586. The van der Waals surface area contributed by atoms with Gasteiger partial charge >= 0.3 is 0 Å². The molecular weight excluding hydrogens is 933 g/mol. The number of likely N-dealkylation sites (tertiary alicyclic amines) is 3. The first-order valence-electron chi connectivity index (χ1n) is 27.8. The summed E-state index contributed by atoms with van der Waals surface area (Å²) in [6, 6.07) is 36.5. The molecule has 0 aliphatic carbocycles. The van der Waals surface area contributed by atoms with Crippen LogP contribution < -0.4 is 18.9 Å². The molecule has 0 radical (unpaired) electrons. The second kappa shape index (κ2) is 26.7. The van der Waals surface area contributed by atoms with Crippen LogP contribution in [0.3, 0.4) is 0 Å². The molecule has 7 heterocycles. The summed E-state index contributed by atoms with van der Waals surface area (Å²) in [7, 11) is 17.9. The van der Waals surface area contributed by atoms with Gasteiger partial charge in [0.25, 0.3) is 0 Å². The molecule has 3 fully saturated rings. The van der Waals surface area contributed by atoms with E-state index in [1.807, 2.05) is 24.3 Å². The Bertz CT molecular complexity index is 2780. The highest BCUT2D eigenvalue weighted by atomic mass is 16.5. The van der Waals surface area contributed by atoms with Crippen molar-refractivity contribution in [1.82, 2.24) is 37.9 Å². The number of rotatable bonds is 15. The van der Waals surface area contributed by atoms with E-state index in [4.69, 9.17) is 18.9 Å². The molecule has 0 spiro atoms. The standard InChI is InChI=1S/2C16H22N2O.C16H24N2O.C15H20N2O/c2*1-17-9-4-3-5-14(17)12-18-10-8-13-11-15(19-2)6-7-16(13)18;1-5-6-14(17(2)3)12-18-10-9-13-11-15(19-4)7-8-16(13)18;1-16-8-3-4-13(16)11-17-9-7-12-10-14(18-2)5-6-15(12)17/h2*6-8,10-11,14H,3-5,9,12H2,1-2H3;7-11,14H,5-6,12H2,1-4H3;5-7,9-10,13H,3-4,8,11H2,1-2H3/t3*14-;13-/m1000/s1. The molecule has 12 nitrogen and oxygen atoms in total. The lowest BCUT2D eigenvalue weighted by atomic mass is 10.0. The van der Waals surface area contributed by atoms with Crippen molar-refractivity contribution in [2.75, 3.05) is 83.3 Å². The summed E-state index contributed by atoms with van der Waals surface area (Å²) in [6.45, 7) is 10.3. The molecule has 0 amide bonds. The summed E-state index contributed by atoms with van der Waals surface area (Å²) in [6.07, 6.45) is 21.9. The first-order valence-corrected chi connectivity index (χ1v) is 27.8. The number of nitrogens with zero attached hydrogens (tertiary/aromatic N) is 8. The van der Waals surface area contributed by atoms with Crippen LogP contribution in [0.5, 0.6) is 23.0 Å². The number of hydrogen-bond donors (Lipinski definition) is 0. The van der Waals surface area contributed by atoms with Gasteiger partial charge in [0.15, 0.2) is 0 Å². The average Bonchev–Trinajstić information content (AvgIpc) is 4.30. The highest BCUT2D eigenvalue weighted by molar-refractivity contribution is 5.84. The van der Waals surface area contributed by atoms with Crippen molar-refractivity contribution in [1.29, 1.82) is 0 Å². The molecule has 0 saturated carbocycles. The van der Waals surface area contributed by atoms with Crippen molar-refractivity contribution in [2.24, 2.45) is 0 Å². The smallest absolute Gasteiger partial charge is 0.119 e. The number of piperidine rings is 2. The van der Waals surface area contributed by atoms with E-state index in [1.54, 1.807) is 28.4 Å². The third kappa shape index (κ3) is 14.1. The van der Waals surface area contributed by atoms with Gasteiger partial charge in [-0.2, -0.15) is 0 Å². The van der Waals surface area contributed by atoms with E-state index in [2.05, 4.69) is 178 Å². The van der Waals surface area contributed by atoms with E-state index in [-0.39, 0.29) is 0 Å². The quantitative estimate of drug-likeness (QED) is 0.101. The molecule has 0 N–H and O–H groups in total. The zero-order valence-corrected chi connectivity index (χ0v) is 47.1. The lowest BCUT2D eigenvalue weighted by Crippen LogP contribution is -2.38. The van der Waals surface area contributed by atoms with Gasteiger partial charge in [-0.3, -0.25) is 0 Å². The van der Waals surface area contributed by atoms with Crippen molar-refractivity contribution in [2.45, 2.75) is 121 Å². The third-order valence-electron chi connectivity index (χ3n) is 16.4. The molecule has 404 valence electrons. The lowest BCUT2D eigenvalue weighted by molar-refractivity contribution is 0.169. The van der Waals surface area contributed by atoms with Crippen LogP contribution in [0.4, 0.5) is 0 Å². The van der Waals surface area contributed by atoms with Crippen LogP contribution in [0.1, 0.15) is 71.1 Å². The summed E-state index contributed by atoms with van der Waals surface area (Å²) in [5.74, 6) is 3.71. The zero-order chi connectivity index (χ0) is 52.8. The predicted molar refractivity (Wildman–Crippen MR) is 313 cm³/mol. The summed E-state index contributed by atoms with van der Waals surface area (Å²) in [4.78, 5) is 9.78. The lowest BCUT2D eigenvalue weighted by Gasteiger charge is -2.32. The summed E-state index contributed by atoms with van der Waals surface area (Å²) in [5.41, 5.74) is 5.19. The molecule has 3 aliphatic rings. The first kappa shape index (κ1) is 55.3. The van der Waals surface area contributed by atoms with E-state index >= 15 is 0 Å². The zero-order valence-electron chi connectivity index (χ0n) is 47.1. The molecular formula is C63H88N8O4. The Hall–Kier alpha value is -5.92. The number of likely N-dealkylation sites (N-methyl/N-ethyl adjacent to an activating group) is 4. The van der Waals surface area contributed by atoms with Crippen LogP contribution in [-0.4, -0.2) is 145 Å². The van der Waals surface area contributed by atoms with Gasteiger partial charge in [-0.15, -0.1) is 0 Å². The Morgan fingerprint density at radius 3 is 1.07 bits per heavy atom. The van der Waals surface area contributed by atoms with Gasteiger partial charge in [-0.05, 0) is 197 Å². The fourth-order valence-corrected chi connectivity index (χ4v) is 11.6. The van der Waals surface area contributed by atoms with Crippen LogP contribution >= 0.6 is 0 Å². The number of hydrogen-bond acceptors (Lipinski definition) is 8. The van der Waals surface area contributed by atoms with E-state index in [0.717, 1.165) is 49.2 Å². The number of ether oxygens (including phenoxy) is 4. The van der Waals surface area contributed by atoms with Crippen molar-refractivity contribution in [3.63, 3.8) is 0 Å². The fourth-order valence-electron chi connectivity index (χ4n) is 11.6. The molecule has 4 aromatic carbocycles. The highest BCUT2D eigenvalue weighted by Crippen LogP contribution is 2.28. The van der Waals surface area contributed by atoms with Crippen LogP contribution in [0.15, 0.2) is 122 Å². The Kier molecular flexibility index (Phi) is 19.7. The normalized spacial score (nSPS) is 18.8. The Morgan fingerprint density at radius 1 is 0.440 bits per heavy atom. The largest absolute Gasteiger partial charge is 0.497 e. The maximum absolute atomic E-state index is 5.28. The second-order valence-corrected chi connectivity index (χ2v) is 21.5. The van der Waals surface area contributed by atoms with E-state index < -0.39 is 0 Å². The van der Waals surface area contributed by atoms with E-state index in [0.29, 0.717) is 24.2 Å². The fraction of sp³-hybridized carbons (Fsp3) is 0.492. The number of benzene rings is 4. The topological polar surface area (TPSA) is 69.6 Å². The Balaban J connectivity index is 0.000000133. The van der Waals surface area contributed by atoms with Gasteiger partial charge in [-0.25, -0.2) is 0 Å². The molecule has 4 aromatic heterocycles. The monoisotopic (exact) mass is 1020 g/mol. The van der Waals surface area contributed by atoms with Gasteiger partial charge in [0.05, 0.1) is 28.4 Å². The second-order valence-electron chi connectivity index (χ2n) is 21.5. The predicted octanol–water partition coefficient (Wildman–Crippen LogP) is 12.4. The van der Waals surface area contributed by atoms with Gasteiger partial charge in [0, 0.05) is 119 Å². The van der Waals surface area contributed by atoms with Gasteiger partial charge in [0.1, 0.15) is 23.0 Å². The van der Waals surface area contributed by atoms with Gasteiger partial charge in [-0.1, -0.05) is 26.2 Å². The Labute approximate surface area is 448 Å². The van der Waals surface area contributed by atoms with Gasteiger partial charge in [0.2, 0.25) is 0 Å². The molecule has 11 rings (SSSR count). The number of fused-ring (bicyclic) bond motifs is 4. The maximum Gasteiger partial charge on any atom is 0.119 e. The van der Waals surface area contributed by atoms with Crippen molar-refractivity contribution >= 4 is 43.6 Å². The van der Waals surface area contributed by atoms with Crippen LogP contribution in [-0.2, 0) is 26.2 Å². The summed E-state index contributed by atoms with van der Waals surface area (Å²) < 4.78 is 30.6. The third-order valence-corrected chi connectivity index (χ3v) is 16.4. The molecule has 0 bridgehead atoms. The summed E-state index contributed by atoms with van der Waals surface area (Å²) >= 11 is 0. The van der Waals surface area contributed by atoms with E-state index in [1.165, 1.54) is 127 Å². The van der Waals surface area contributed by atoms with Gasteiger partial charge < -0.3 is 56.8 Å². The number of aromatic nitrogens is 4. The molecule has 0 unspecified atom stereocenters. The van der Waals surface area contributed by atoms with Crippen LogP contribution in [0.2, 0.25) is 0 Å². The molecule has 75 heavy (non-hydrogen) atoms. The van der Waals surface area contributed by atoms with Crippen molar-refractivity contribution < 1.29 is 18.9 Å². The SMILES string of the molecule is CCC[C@@H](Cn1ccc2cc(OC)ccc21)N(C)C.COc1ccc2c(ccn2C[C@@H]2CCCCN2C)c1.COc1ccc2c(ccn2C[C@@H]2CCCN2C)c1.COc1ccc2c(ccn2C[C@H]2CCCCN2C)c1. The molecule has 3 saturated heterocycles. The van der Waals surface area contributed by atoms with Crippen LogP contribution in [0.25, 0.3) is 43.6 Å². The van der Waals surface area contributed by atoms with Crippen LogP contribution in [0, 0.1) is 0 Å². The van der Waals surface area contributed by atoms with E-state index in [9.17, 15) is 0 Å². The number of methoxy groups -OCH3 is 4. The molecule has 12 heteroatoms. The molecule has 8 aromatic rings. The maximum atomic E-state index is 5.28. The minimum absolute atomic E-state index is 0.586. The average molecular weight is 1020 g/mol. The first-order chi connectivity index (χ1) is 36.5. The molecule has 3 aliphatic heterocycles. The summed E-state index contributed by atoms with van der Waals surface area (Å²) in [5, 5.41) is 5.03. The highest BCUT2D eigenvalue weighted by Gasteiger charge is 2.23. The molecule has 4 atom stereocenters. The van der Waals surface area contributed by atoms with Crippen molar-refractivity contribution in [3.8, 4) is 23.0 Å². The Morgan fingerprint density at radius 2 is 0.760 bits per heavy atom. The minimum Gasteiger partial charge on any atom is -0.497 e.